The zero-order valence-corrected chi connectivity index (χ0v) is 19.2. The van der Waals surface area contributed by atoms with Crippen molar-refractivity contribution in [3.05, 3.63) is 52.4 Å². The number of amides is 2. The Hall–Kier alpha value is -2.67. The lowest BCUT2D eigenvalue weighted by atomic mass is 9.94. The molecule has 31 heavy (non-hydrogen) atoms. The molecule has 1 aromatic heterocycles. The minimum atomic E-state index is -0.0323. The molecule has 1 fully saturated rings. The molecule has 2 amide bonds. The van der Waals surface area contributed by atoms with E-state index in [0.29, 0.717) is 36.8 Å². The normalized spacial score (nSPS) is 16.1. The van der Waals surface area contributed by atoms with Gasteiger partial charge >= 0.3 is 0 Å². The highest BCUT2D eigenvalue weighted by Gasteiger charge is 2.26. The van der Waals surface area contributed by atoms with Crippen molar-refractivity contribution >= 4 is 29.2 Å². The van der Waals surface area contributed by atoms with Crippen LogP contribution in [-0.2, 0) is 22.6 Å². The van der Waals surface area contributed by atoms with E-state index < -0.39 is 0 Å². The van der Waals surface area contributed by atoms with Gasteiger partial charge in [-0.2, -0.15) is 0 Å². The molecule has 1 saturated heterocycles. The first-order chi connectivity index (χ1) is 14.9. The van der Waals surface area contributed by atoms with E-state index in [1.54, 1.807) is 11.9 Å². The summed E-state index contributed by atoms with van der Waals surface area (Å²) in [4.78, 5) is 37.2. The Morgan fingerprint density at radius 3 is 2.68 bits per heavy atom. The van der Waals surface area contributed by atoms with Gasteiger partial charge in [-0.3, -0.25) is 9.59 Å². The van der Waals surface area contributed by atoms with Crippen molar-refractivity contribution in [3.63, 3.8) is 0 Å². The van der Waals surface area contributed by atoms with Gasteiger partial charge in [-0.1, -0.05) is 23.7 Å². The van der Waals surface area contributed by atoms with Crippen LogP contribution in [0.15, 0.2) is 30.3 Å². The predicted molar refractivity (Wildman–Crippen MR) is 122 cm³/mol. The van der Waals surface area contributed by atoms with Crippen molar-refractivity contribution in [2.75, 3.05) is 32.5 Å². The molecule has 166 valence electrons. The molecule has 0 saturated carbocycles. The molecule has 0 radical (unpaired) electrons. The summed E-state index contributed by atoms with van der Waals surface area (Å²) >= 11 is 5.94. The lowest BCUT2D eigenvalue weighted by Gasteiger charge is -2.33. The van der Waals surface area contributed by atoms with Crippen LogP contribution in [0, 0.1) is 0 Å². The highest BCUT2D eigenvalue weighted by atomic mass is 35.5. The third kappa shape index (κ3) is 6.40. The Morgan fingerprint density at radius 2 is 2.00 bits per heavy atom. The topological polar surface area (TPSA) is 78.4 Å². The standard InChI is InChI=1S/C23H30ClN5O2/c1-16(30)28(3)15-22-26-20(13-21(25-2)27-22)18-5-4-12-29(14-18)23(31)11-8-17-6-9-19(24)10-7-17/h6-7,9-10,13,18H,4-5,8,11-12,14-15H2,1-3H3,(H,25,26,27)/t18-/m0/s1. The predicted octanol–water partition coefficient (Wildman–Crippen LogP) is 3.49. The minimum Gasteiger partial charge on any atom is -0.373 e. The first-order valence-electron chi connectivity index (χ1n) is 10.6. The molecule has 8 heteroatoms. The number of hydrogen-bond donors (Lipinski definition) is 1. The number of nitrogens with zero attached hydrogens (tertiary/aromatic N) is 4. The van der Waals surface area contributed by atoms with Crippen LogP contribution >= 0.6 is 11.6 Å². The summed E-state index contributed by atoms with van der Waals surface area (Å²) < 4.78 is 0. The molecule has 1 atom stereocenters. The molecule has 0 aliphatic carbocycles. The van der Waals surface area contributed by atoms with Crippen LogP contribution in [0.2, 0.25) is 5.02 Å². The summed E-state index contributed by atoms with van der Waals surface area (Å²) in [5.41, 5.74) is 2.03. The number of aryl methyl sites for hydroxylation is 1. The van der Waals surface area contributed by atoms with E-state index in [1.807, 2.05) is 42.3 Å². The number of aromatic nitrogens is 2. The second-order valence-corrected chi connectivity index (χ2v) is 8.46. The summed E-state index contributed by atoms with van der Waals surface area (Å²) in [5.74, 6) is 1.62. The number of anilines is 1. The highest BCUT2D eigenvalue weighted by Crippen LogP contribution is 2.27. The van der Waals surface area contributed by atoms with E-state index in [4.69, 9.17) is 16.6 Å². The molecular formula is C23H30ClN5O2. The quantitative estimate of drug-likeness (QED) is 0.708. The van der Waals surface area contributed by atoms with Crippen LogP contribution in [0.1, 0.15) is 49.2 Å². The average Bonchev–Trinajstić information content (AvgIpc) is 2.78. The van der Waals surface area contributed by atoms with Gasteiger partial charge in [0.2, 0.25) is 11.8 Å². The van der Waals surface area contributed by atoms with Gasteiger partial charge in [0.1, 0.15) is 11.6 Å². The molecule has 2 heterocycles. The van der Waals surface area contributed by atoms with Crippen LogP contribution < -0.4 is 5.32 Å². The van der Waals surface area contributed by atoms with Gasteiger partial charge in [0.05, 0.1) is 12.2 Å². The van der Waals surface area contributed by atoms with Gasteiger partial charge in [-0.15, -0.1) is 0 Å². The van der Waals surface area contributed by atoms with Gasteiger partial charge in [0, 0.05) is 57.5 Å². The second-order valence-electron chi connectivity index (χ2n) is 8.02. The van der Waals surface area contributed by atoms with Gasteiger partial charge in [-0.25, -0.2) is 9.97 Å². The lowest BCUT2D eigenvalue weighted by molar-refractivity contribution is -0.132. The van der Waals surface area contributed by atoms with Gasteiger partial charge in [0.15, 0.2) is 0 Å². The first-order valence-corrected chi connectivity index (χ1v) is 11.0. The highest BCUT2D eigenvalue weighted by molar-refractivity contribution is 6.30. The fraction of sp³-hybridized carbons (Fsp3) is 0.478. The largest absolute Gasteiger partial charge is 0.373 e. The fourth-order valence-electron chi connectivity index (χ4n) is 3.75. The maximum atomic E-state index is 12.8. The fourth-order valence-corrected chi connectivity index (χ4v) is 3.88. The number of hydrogen-bond acceptors (Lipinski definition) is 5. The third-order valence-corrected chi connectivity index (χ3v) is 5.95. The van der Waals surface area contributed by atoms with Crippen LogP contribution in [0.5, 0.6) is 0 Å². The van der Waals surface area contributed by atoms with Crippen molar-refractivity contribution in [2.24, 2.45) is 0 Å². The molecule has 7 nitrogen and oxygen atoms in total. The molecule has 2 aromatic rings. The summed E-state index contributed by atoms with van der Waals surface area (Å²) in [6.07, 6.45) is 3.10. The number of halogens is 1. The zero-order chi connectivity index (χ0) is 22.4. The smallest absolute Gasteiger partial charge is 0.222 e. The molecular weight excluding hydrogens is 414 g/mol. The number of carbonyl (C=O) groups is 2. The number of nitrogens with one attached hydrogen (secondary N) is 1. The van der Waals surface area contributed by atoms with Gasteiger partial charge in [-0.05, 0) is 37.0 Å². The molecule has 0 bridgehead atoms. The van der Waals surface area contributed by atoms with Crippen molar-refractivity contribution in [3.8, 4) is 0 Å². The molecule has 0 spiro atoms. The summed E-state index contributed by atoms with van der Waals surface area (Å²) in [6, 6.07) is 9.59. The second kappa shape index (κ2) is 10.6. The Morgan fingerprint density at radius 1 is 1.26 bits per heavy atom. The molecule has 1 aliphatic rings. The Labute approximate surface area is 188 Å². The van der Waals surface area contributed by atoms with Crippen LogP contribution in [-0.4, -0.2) is 58.8 Å². The van der Waals surface area contributed by atoms with Crippen LogP contribution in [0.25, 0.3) is 0 Å². The monoisotopic (exact) mass is 443 g/mol. The van der Waals surface area contributed by atoms with E-state index in [1.165, 1.54) is 6.92 Å². The Kier molecular flexibility index (Phi) is 7.85. The molecule has 0 unspecified atom stereocenters. The van der Waals surface area contributed by atoms with Crippen LogP contribution in [0.3, 0.4) is 0 Å². The maximum Gasteiger partial charge on any atom is 0.222 e. The van der Waals surface area contributed by atoms with E-state index >= 15 is 0 Å². The summed E-state index contributed by atoms with van der Waals surface area (Å²) in [6.45, 7) is 3.31. The van der Waals surface area contributed by atoms with Crippen LogP contribution in [0.4, 0.5) is 5.82 Å². The number of benzene rings is 1. The zero-order valence-electron chi connectivity index (χ0n) is 18.4. The van der Waals surface area contributed by atoms with Crippen molar-refractivity contribution in [1.29, 1.82) is 0 Å². The SMILES string of the molecule is CNc1cc([C@H]2CCCN(C(=O)CCc3ccc(Cl)cc3)C2)nc(CN(C)C(C)=O)n1. The van der Waals surface area contributed by atoms with Crippen molar-refractivity contribution in [2.45, 2.75) is 45.1 Å². The molecule has 1 aliphatic heterocycles. The molecule has 3 rings (SSSR count). The van der Waals surface area contributed by atoms with E-state index in [2.05, 4.69) is 10.3 Å². The van der Waals surface area contributed by atoms with Crippen molar-refractivity contribution in [1.82, 2.24) is 19.8 Å². The third-order valence-electron chi connectivity index (χ3n) is 5.70. The molecule has 1 N–H and O–H groups in total. The summed E-state index contributed by atoms with van der Waals surface area (Å²) in [7, 11) is 3.55. The minimum absolute atomic E-state index is 0.0323. The van der Waals surface area contributed by atoms with Gasteiger partial charge in [0.25, 0.3) is 0 Å². The number of piperidine rings is 1. The van der Waals surface area contributed by atoms with Gasteiger partial charge < -0.3 is 15.1 Å². The molecule has 1 aromatic carbocycles. The number of carbonyl (C=O) groups excluding carboxylic acids is 2. The van der Waals surface area contributed by atoms with Crippen molar-refractivity contribution < 1.29 is 9.59 Å². The van der Waals surface area contributed by atoms with E-state index in [9.17, 15) is 9.59 Å². The average molecular weight is 444 g/mol. The summed E-state index contributed by atoms with van der Waals surface area (Å²) in [5, 5.41) is 3.78. The Balaban J connectivity index is 1.66. The number of likely N-dealkylation sites (tertiary alicyclic amines) is 1. The van der Waals surface area contributed by atoms with E-state index in [0.717, 1.165) is 36.5 Å². The first kappa shape index (κ1) is 23.0. The van der Waals surface area contributed by atoms with E-state index in [-0.39, 0.29) is 17.7 Å². The maximum absolute atomic E-state index is 12.8. The Bertz CT molecular complexity index is 919. The lowest BCUT2D eigenvalue weighted by Crippen LogP contribution is -2.39. The number of rotatable bonds is 7.